The van der Waals surface area contributed by atoms with Gasteiger partial charge in [-0.15, -0.1) is 0 Å². The molecule has 36 heavy (non-hydrogen) atoms. The number of likely N-dealkylation sites (N-methyl/N-ethyl adjacent to an activating group) is 1. The van der Waals surface area contributed by atoms with E-state index in [2.05, 4.69) is 15.6 Å². The number of amides is 1. The van der Waals surface area contributed by atoms with Crippen LogP contribution in [0, 0.1) is 5.82 Å². The van der Waals surface area contributed by atoms with Crippen molar-refractivity contribution in [2.24, 2.45) is 0 Å². The summed E-state index contributed by atoms with van der Waals surface area (Å²) in [6, 6.07) is 8.68. The number of aliphatic hydroxyl groups is 1. The first-order valence-electron chi connectivity index (χ1n) is 13.1. The average Bonchev–Trinajstić information content (AvgIpc) is 3.65. The molecule has 3 aliphatic rings. The smallest absolute Gasteiger partial charge is 0.247 e. The molecule has 8 heteroatoms. The van der Waals surface area contributed by atoms with Gasteiger partial charge < -0.3 is 25.4 Å². The summed E-state index contributed by atoms with van der Waals surface area (Å²) < 4.78 is 14.6. The fraction of sp³-hybridized carbons (Fsp3) is 0.536. The van der Waals surface area contributed by atoms with Crippen molar-refractivity contribution < 1.29 is 19.1 Å². The molecule has 0 spiro atoms. The van der Waals surface area contributed by atoms with Crippen molar-refractivity contribution in [3.05, 3.63) is 59.7 Å². The van der Waals surface area contributed by atoms with E-state index in [1.807, 2.05) is 36.2 Å². The van der Waals surface area contributed by atoms with E-state index in [-0.39, 0.29) is 29.9 Å². The summed E-state index contributed by atoms with van der Waals surface area (Å²) in [5, 5.41) is 14.9. The molecule has 3 N–H and O–H groups in total. The zero-order valence-corrected chi connectivity index (χ0v) is 20.9. The molecule has 5 rings (SSSR count). The highest BCUT2D eigenvalue weighted by molar-refractivity contribution is 5.86. The fourth-order valence-corrected chi connectivity index (χ4v) is 5.08. The Labute approximate surface area is 212 Å². The van der Waals surface area contributed by atoms with Crippen LogP contribution in [-0.4, -0.2) is 54.1 Å². The van der Waals surface area contributed by atoms with Crippen LogP contribution in [0.1, 0.15) is 74.5 Å². The lowest BCUT2D eigenvalue weighted by Gasteiger charge is -2.32. The first-order valence-corrected chi connectivity index (χ1v) is 13.1. The summed E-state index contributed by atoms with van der Waals surface area (Å²) in [7, 11) is 1.85. The van der Waals surface area contributed by atoms with Gasteiger partial charge in [-0.05, 0) is 61.8 Å². The minimum absolute atomic E-state index is 0.0472. The predicted molar refractivity (Wildman–Crippen MR) is 137 cm³/mol. The molecule has 3 unspecified atom stereocenters. The summed E-state index contributed by atoms with van der Waals surface area (Å²) in [6.07, 6.45) is 12.2. The third kappa shape index (κ3) is 6.89. The maximum atomic E-state index is 14.6. The largest absolute Gasteiger partial charge is 0.392 e. The molecule has 2 heterocycles. The first-order chi connectivity index (χ1) is 17.5. The van der Waals surface area contributed by atoms with E-state index in [1.54, 1.807) is 18.5 Å². The molecule has 3 atom stereocenters. The van der Waals surface area contributed by atoms with Gasteiger partial charge >= 0.3 is 0 Å². The monoisotopic (exact) mass is 496 g/mol. The second-order valence-electron chi connectivity index (χ2n) is 10.2. The zero-order chi connectivity index (χ0) is 25.5. The fourth-order valence-electron chi connectivity index (χ4n) is 5.08. The lowest BCUT2D eigenvalue weighted by atomic mass is 9.95. The van der Waals surface area contributed by atoms with Gasteiger partial charge in [0.05, 0.1) is 12.1 Å². The number of pyridine rings is 1. The Bertz CT molecular complexity index is 1010. The molecule has 1 aliphatic heterocycles. The van der Waals surface area contributed by atoms with Gasteiger partial charge in [0.2, 0.25) is 5.91 Å². The topological polar surface area (TPSA) is 94.6 Å². The first kappa shape index (κ1) is 26.2. The molecule has 2 aromatic rings. The minimum atomic E-state index is -0.540. The van der Waals surface area contributed by atoms with Crippen LogP contribution in [0.5, 0.6) is 0 Å². The van der Waals surface area contributed by atoms with Crippen LogP contribution < -0.4 is 15.5 Å². The quantitative estimate of drug-likeness (QED) is 0.507. The number of rotatable bonds is 7. The number of aromatic nitrogens is 1. The molecule has 194 valence electrons. The molecule has 3 fully saturated rings. The maximum absolute atomic E-state index is 14.6. The van der Waals surface area contributed by atoms with E-state index in [4.69, 9.17) is 5.11 Å². The van der Waals surface area contributed by atoms with Crippen LogP contribution in [0.3, 0.4) is 0 Å². The van der Waals surface area contributed by atoms with E-state index in [9.17, 15) is 14.0 Å². The highest BCUT2D eigenvalue weighted by Gasteiger charge is 2.30. The molecular formula is C28H37FN4O3. The van der Waals surface area contributed by atoms with Crippen molar-refractivity contribution in [3.8, 4) is 0 Å². The third-order valence-electron chi connectivity index (χ3n) is 7.30. The standard InChI is InChI=1S/C23H28FN3O.C5H9NO2/c1-27(19-11-12-20(16-9-10-16)21(24)14-19)22(17-6-5-13-25-15-17)23(28)26-18-7-3-2-4-8-18;7-3-4-1-5(8)2-6-4/h5-6,11-16,18,22H,2-4,7-10H2,1H3,(H,26,28);3-6,8H,1-2H2. The van der Waals surface area contributed by atoms with Crippen LogP contribution in [0.15, 0.2) is 42.7 Å². The number of halogens is 1. The summed E-state index contributed by atoms with van der Waals surface area (Å²) in [4.78, 5) is 29.3. The number of nitrogens with one attached hydrogen (secondary N) is 2. The maximum Gasteiger partial charge on any atom is 0.247 e. The average molecular weight is 497 g/mol. The number of benzene rings is 1. The van der Waals surface area contributed by atoms with Crippen LogP contribution in [0.25, 0.3) is 0 Å². The Morgan fingerprint density at radius 1 is 1.22 bits per heavy atom. The molecule has 2 saturated carbocycles. The molecule has 1 aromatic carbocycles. The van der Waals surface area contributed by atoms with Crippen LogP contribution >= 0.6 is 0 Å². The lowest BCUT2D eigenvalue weighted by molar-refractivity contribution is -0.123. The molecule has 0 bridgehead atoms. The van der Waals surface area contributed by atoms with Crippen molar-refractivity contribution in [1.82, 2.24) is 15.6 Å². The minimum Gasteiger partial charge on any atom is -0.392 e. The second-order valence-corrected chi connectivity index (χ2v) is 10.2. The molecule has 2 aliphatic carbocycles. The van der Waals surface area contributed by atoms with E-state index in [0.717, 1.165) is 55.9 Å². The van der Waals surface area contributed by atoms with Crippen molar-refractivity contribution in [2.45, 2.75) is 81.5 Å². The highest BCUT2D eigenvalue weighted by atomic mass is 19.1. The van der Waals surface area contributed by atoms with Gasteiger partial charge in [0.25, 0.3) is 0 Å². The number of carbonyl (C=O) groups is 2. The molecule has 1 saturated heterocycles. The number of carbonyl (C=O) groups excluding carboxylic acids is 2. The Morgan fingerprint density at radius 2 is 2.00 bits per heavy atom. The van der Waals surface area contributed by atoms with Gasteiger partial charge in [-0.2, -0.15) is 0 Å². The Kier molecular flexibility index (Phi) is 9.04. The van der Waals surface area contributed by atoms with Gasteiger partial charge in [0, 0.05) is 43.3 Å². The second kappa shape index (κ2) is 12.4. The summed E-state index contributed by atoms with van der Waals surface area (Å²) >= 11 is 0. The van der Waals surface area contributed by atoms with Gasteiger partial charge in [0.1, 0.15) is 18.1 Å². The molecule has 1 aromatic heterocycles. The number of hydrogen-bond acceptors (Lipinski definition) is 6. The van der Waals surface area contributed by atoms with E-state index in [1.165, 1.54) is 6.42 Å². The van der Waals surface area contributed by atoms with E-state index >= 15 is 0 Å². The van der Waals surface area contributed by atoms with Crippen molar-refractivity contribution in [3.63, 3.8) is 0 Å². The Balaban J connectivity index is 0.000000325. The van der Waals surface area contributed by atoms with Crippen molar-refractivity contribution in [2.75, 3.05) is 18.5 Å². The summed E-state index contributed by atoms with van der Waals surface area (Å²) in [6.45, 7) is 0.559. The molecular weight excluding hydrogens is 459 g/mol. The van der Waals surface area contributed by atoms with Crippen LogP contribution in [0.4, 0.5) is 10.1 Å². The number of β-amino-alcohol motifs (C(OH)–C–C–N with tert-alkyl or cyclic N) is 1. The number of aliphatic hydroxyl groups excluding tert-OH is 1. The van der Waals surface area contributed by atoms with E-state index < -0.39 is 6.04 Å². The molecule has 1 amide bonds. The lowest BCUT2D eigenvalue weighted by Crippen LogP contribution is -2.44. The van der Waals surface area contributed by atoms with Gasteiger partial charge in [-0.25, -0.2) is 4.39 Å². The van der Waals surface area contributed by atoms with Gasteiger partial charge in [0.15, 0.2) is 0 Å². The van der Waals surface area contributed by atoms with Crippen LogP contribution in [-0.2, 0) is 9.59 Å². The number of anilines is 1. The van der Waals surface area contributed by atoms with E-state index in [0.29, 0.717) is 24.6 Å². The van der Waals surface area contributed by atoms with Crippen molar-refractivity contribution in [1.29, 1.82) is 0 Å². The highest BCUT2D eigenvalue weighted by Crippen LogP contribution is 2.42. The Hall–Kier alpha value is -2.84. The number of nitrogens with zero attached hydrogens (tertiary/aromatic N) is 2. The number of hydrogen-bond donors (Lipinski definition) is 3. The Morgan fingerprint density at radius 3 is 2.56 bits per heavy atom. The molecule has 7 nitrogen and oxygen atoms in total. The summed E-state index contributed by atoms with van der Waals surface area (Å²) in [5.41, 5.74) is 2.31. The predicted octanol–water partition coefficient (Wildman–Crippen LogP) is 3.63. The van der Waals surface area contributed by atoms with Crippen LogP contribution in [0.2, 0.25) is 0 Å². The normalized spacial score (nSPS) is 22.8. The van der Waals surface area contributed by atoms with Gasteiger partial charge in [-0.1, -0.05) is 31.4 Å². The molecule has 0 radical (unpaired) electrons. The SMILES string of the molecule is CN(c1ccc(C2CC2)c(F)c1)C(C(=O)NC1CCCCC1)c1cccnc1.O=CC1CC(O)CN1. The van der Waals surface area contributed by atoms with Crippen molar-refractivity contribution >= 4 is 17.9 Å². The summed E-state index contributed by atoms with van der Waals surface area (Å²) in [5.74, 6) is 0.140. The van der Waals surface area contributed by atoms with Gasteiger partial charge in [-0.3, -0.25) is 9.78 Å². The third-order valence-corrected chi connectivity index (χ3v) is 7.30. The number of aldehydes is 1. The zero-order valence-electron chi connectivity index (χ0n) is 20.9.